The van der Waals surface area contributed by atoms with Crippen LogP contribution in [-0.4, -0.2) is 50.9 Å². The average Bonchev–Trinajstić information content (AvgIpc) is 3.32. The highest BCUT2D eigenvalue weighted by Crippen LogP contribution is 2.25. The maximum absolute atomic E-state index is 13.5. The number of nitrogens with zero attached hydrogens (tertiary/aromatic N) is 3. The molecule has 1 atom stereocenters. The highest BCUT2D eigenvalue weighted by atomic mass is 16.6. The van der Waals surface area contributed by atoms with Crippen LogP contribution in [0.3, 0.4) is 0 Å². The minimum Gasteiger partial charge on any atom is -0.481 e. The van der Waals surface area contributed by atoms with Crippen LogP contribution in [0.15, 0.2) is 72.9 Å². The lowest BCUT2D eigenvalue weighted by Crippen LogP contribution is -2.30. The van der Waals surface area contributed by atoms with Gasteiger partial charge in [-0.1, -0.05) is 42.5 Å². The molecular formula is C28H27N5O7. The van der Waals surface area contributed by atoms with Crippen molar-refractivity contribution in [1.82, 2.24) is 14.7 Å². The Morgan fingerprint density at radius 3 is 2.55 bits per heavy atom. The number of pyridine rings is 1. The zero-order valence-corrected chi connectivity index (χ0v) is 21.6. The van der Waals surface area contributed by atoms with E-state index in [-0.39, 0.29) is 23.4 Å². The number of aliphatic carboxylic acids is 1. The fraction of sp³-hybridized carbons (Fsp3) is 0.214. The average molecular weight is 546 g/mol. The SMILES string of the molecule is COC(=O)CNc1c(CCc2ccccc2)nc2c(C(=O)NC(CC(=O)O)c3cccc([N+](=O)[O-])c3)cccn12. The number of rotatable bonds is 12. The summed E-state index contributed by atoms with van der Waals surface area (Å²) in [7, 11) is 1.28. The number of aryl methyl sites for hydroxylation is 2. The molecule has 0 aliphatic rings. The van der Waals surface area contributed by atoms with Crippen molar-refractivity contribution in [2.45, 2.75) is 25.3 Å². The number of fused-ring (bicyclic) bond motifs is 1. The number of nitro benzene ring substituents is 1. The van der Waals surface area contributed by atoms with E-state index in [9.17, 15) is 29.6 Å². The topological polar surface area (TPSA) is 165 Å². The predicted molar refractivity (Wildman–Crippen MR) is 145 cm³/mol. The van der Waals surface area contributed by atoms with Crippen LogP contribution in [0.5, 0.6) is 0 Å². The number of carbonyl (C=O) groups excluding carboxylic acids is 2. The molecule has 0 saturated heterocycles. The van der Waals surface area contributed by atoms with E-state index in [2.05, 4.69) is 10.6 Å². The number of nitrogens with one attached hydrogen (secondary N) is 2. The van der Waals surface area contributed by atoms with Gasteiger partial charge in [0.25, 0.3) is 11.6 Å². The molecule has 0 aliphatic carbocycles. The van der Waals surface area contributed by atoms with Gasteiger partial charge in [0.1, 0.15) is 12.4 Å². The molecule has 12 heteroatoms. The molecule has 1 amide bonds. The zero-order chi connectivity index (χ0) is 28.6. The van der Waals surface area contributed by atoms with E-state index in [1.807, 2.05) is 30.3 Å². The lowest BCUT2D eigenvalue weighted by Gasteiger charge is -2.17. The largest absolute Gasteiger partial charge is 0.481 e. The quantitative estimate of drug-likeness (QED) is 0.137. The van der Waals surface area contributed by atoms with E-state index in [4.69, 9.17) is 9.72 Å². The molecule has 2 aromatic heterocycles. The fourth-order valence-corrected chi connectivity index (χ4v) is 4.31. The highest BCUT2D eigenvalue weighted by Gasteiger charge is 2.24. The third-order valence-corrected chi connectivity index (χ3v) is 6.26. The van der Waals surface area contributed by atoms with Crippen LogP contribution in [0.4, 0.5) is 11.5 Å². The van der Waals surface area contributed by atoms with Gasteiger partial charge in [-0.2, -0.15) is 0 Å². The Labute approximate surface area is 228 Å². The molecule has 0 bridgehead atoms. The molecular weight excluding hydrogens is 518 g/mol. The molecule has 0 radical (unpaired) electrons. The summed E-state index contributed by atoms with van der Waals surface area (Å²) in [4.78, 5) is 52.3. The molecule has 206 valence electrons. The summed E-state index contributed by atoms with van der Waals surface area (Å²) in [5, 5.41) is 26.4. The number of methoxy groups -OCH3 is 1. The van der Waals surface area contributed by atoms with Gasteiger partial charge in [-0.15, -0.1) is 0 Å². The van der Waals surface area contributed by atoms with Gasteiger partial charge in [-0.25, -0.2) is 4.98 Å². The van der Waals surface area contributed by atoms with E-state index < -0.39 is 35.2 Å². The molecule has 0 spiro atoms. The van der Waals surface area contributed by atoms with Crippen LogP contribution in [0.1, 0.15) is 39.6 Å². The van der Waals surface area contributed by atoms with Gasteiger partial charge in [-0.3, -0.25) is 28.9 Å². The first-order valence-corrected chi connectivity index (χ1v) is 12.4. The van der Waals surface area contributed by atoms with Crippen molar-refractivity contribution in [3.8, 4) is 0 Å². The summed E-state index contributed by atoms with van der Waals surface area (Å²) in [5.41, 5.74) is 2.23. The first kappa shape index (κ1) is 27.8. The monoisotopic (exact) mass is 545 g/mol. The lowest BCUT2D eigenvalue weighted by molar-refractivity contribution is -0.384. The number of ether oxygens (including phenoxy) is 1. The van der Waals surface area contributed by atoms with Gasteiger partial charge in [0.15, 0.2) is 5.65 Å². The van der Waals surface area contributed by atoms with Gasteiger partial charge < -0.3 is 20.5 Å². The first-order valence-electron chi connectivity index (χ1n) is 12.4. The number of aromatic nitrogens is 2. The minimum atomic E-state index is -1.19. The van der Waals surface area contributed by atoms with Crippen molar-refractivity contribution in [2.24, 2.45) is 0 Å². The summed E-state index contributed by atoms with van der Waals surface area (Å²) < 4.78 is 6.40. The molecule has 2 heterocycles. The minimum absolute atomic E-state index is 0.119. The standard InChI is InChI=1S/C28H27N5O7/c1-40-25(36)17-29-27-22(13-12-18-7-3-2-4-8-18)30-26-21(11-6-14-32(26)27)28(37)31-23(16-24(34)35)19-9-5-10-20(15-19)33(38)39/h2-11,14-15,23,29H,12-13,16-17H2,1H3,(H,31,37)(H,34,35). The number of carboxylic acids is 1. The van der Waals surface area contributed by atoms with Crippen molar-refractivity contribution in [3.63, 3.8) is 0 Å². The summed E-state index contributed by atoms with van der Waals surface area (Å²) in [6, 6.07) is 17.4. The number of non-ortho nitro benzene ring substituents is 1. The van der Waals surface area contributed by atoms with Gasteiger partial charge in [0, 0.05) is 18.3 Å². The number of anilines is 1. The Morgan fingerprint density at radius 1 is 1.07 bits per heavy atom. The van der Waals surface area contributed by atoms with Gasteiger partial charge in [0.05, 0.1) is 35.8 Å². The second kappa shape index (κ2) is 12.5. The van der Waals surface area contributed by atoms with Gasteiger partial charge in [0.2, 0.25) is 0 Å². The maximum Gasteiger partial charge on any atom is 0.325 e. The van der Waals surface area contributed by atoms with Crippen molar-refractivity contribution < 1.29 is 29.2 Å². The van der Waals surface area contributed by atoms with Crippen LogP contribution in [0.2, 0.25) is 0 Å². The van der Waals surface area contributed by atoms with E-state index >= 15 is 0 Å². The molecule has 40 heavy (non-hydrogen) atoms. The molecule has 0 aliphatic heterocycles. The number of hydrogen-bond donors (Lipinski definition) is 3. The smallest absolute Gasteiger partial charge is 0.325 e. The van der Waals surface area contributed by atoms with Crippen LogP contribution in [-0.2, 0) is 27.2 Å². The molecule has 2 aromatic carbocycles. The van der Waals surface area contributed by atoms with E-state index in [0.717, 1.165) is 5.56 Å². The molecule has 1 unspecified atom stereocenters. The second-order valence-corrected chi connectivity index (χ2v) is 8.91. The van der Waals surface area contributed by atoms with E-state index in [0.29, 0.717) is 30.0 Å². The molecule has 12 nitrogen and oxygen atoms in total. The number of imidazole rings is 1. The van der Waals surface area contributed by atoms with Crippen LogP contribution in [0.25, 0.3) is 5.65 Å². The van der Waals surface area contributed by atoms with Crippen molar-refractivity contribution in [3.05, 3.63) is 105 Å². The number of carboxylic acid groups (broad SMARTS) is 1. The van der Waals surface area contributed by atoms with E-state index in [1.54, 1.807) is 22.7 Å². The molecule has 4 rings (SSSR count). The number of carbonyl (C=O) groups is 3. The van der Waals surface area contributed by atoms with Crippen molar-refractivity contribution in [1.29, 1.82) is 0 Å². The predicted octanol–water partition coefficient (Wildman–Crippen LogP) is 3.56. The number of amides is 1. The zero-order valence-electron chi connectivity index (χ0n) is 21.6. The Balaban J connectivity index is 1.68. The normalized spacial score (nSPS) is 11.5. The Kier molecular flexibility index (Phi) is 8.69. The maximum atomic E-state index is 13.5. The number of nitro groups is 1. The molecule has 0 saturated carbocycles. The van der Waals surface area contributed by atoms with Crippen molar-refractivity contribution in [2.75, 3.05) is 19.0 Å². The molecule has 4 aromatic rings. The Hall–Kier alpha value is -5.26. The van der Waals surface area contributed by atoms with Crippen LogP contribution >= 0.6 is 0 Å². The molecule has 3 N–H and O–H groups in total. The number of hydrogen-bond acceptors (Lipinski definition) is 8. The summed E-state index contributed by atoms with van der Waals surface area (Å²) in [6.45, 7) is -0.119. The van der Waals surface area contributed by atoms with Gasteiger partial charge in [-0.05, 0) is 36.1 Å². The third-order valence-electron chi connectivity index (χ3n) is 6.26. The summed E-state index contributed by atoms with van der Waals surface area (Å²) in [5.74, 6) is -1.76. The summed E-state index contributed by atoms with van der Waals surface area (Å²) in [6.07, 6.45) is 2.37. The first-order chi connectivity index (χ1) is 19.3. The fourth-order valence-electron chi connectivity index (χ4n) is 4.31. The van der Waals surface area contributed by atoms with Gasteiger partial charge >= 0.3 is 11.9 Å². The Bertz CT molecular complexity index is 1550. The Morgan fingerprint density at radius 2 is 1.85 bits per heavy atom. The van der Waals surface area contributed by atoms with Crippen molar-refractivity contribution >= 4 is 35.0 Å². The number of esters is 1. The lowest BCUT2D eigenvalue weighted by atomic mass is 10.0. The van der Waals surface area contributed by atoms with E-state index in [1.165, 1.54) is 31.4 Å². The molecule has 0 fully saturated rings. The number of benzene rings is 2. The van der Waals surface area contributed by atoms with Crippen LogP contribution < -0.4 is 10.6 Å². The summed E-state index contributed by atoms with van der Waals surface area (Å²) >= 11 is 0. The third kappa shape index (κ3) is 6.59. The van der Waals surface area contributed by atoms with Crippen LogP contribution in [0, 0.1) is 10.1 Å². The highest BCUT2D eigenvalue weighted by molar-refractivity contribution is 6.00. The second-order valence-electron chi connectivity index (χ2n) is 8.91.